The Morgan fingerprint density at radius 1 is 1.00 bits per heavy atom. The highest BCUT2D eigenvalue weighted by atomic mass is 32.2. The van der Waals surface area contributed by atoms with Crippen molar-refractivity contribution in [1.29, 1.82) is 5.26 Å². The first kappa shape index (κ1) is 20.4. The summed E-state index contributed by atoms with van der Waals surface area (Å²) in [5.74, 6) is 0.535. The first-order valence-electron chi connectivity index (χ1n) is 9.69. The van der Waals surface area contributed by atoms with Gasteiger partial charge in [0.15, 0.2) is 11.0 Å². The number of carbonyl (C=O) groups is 1. The van der Waals surface area contributed by atoms with E-state index in [1.807, 2.05) is 72.2 Å². The molecule has 0 saturated carbocycles. The summed E-state index contributed by atoms with van der Waals surface area (Å²) in [7, 11) is 0. The normalized spacial score (nSPS) is 11.5. The number of nitriles is 1. The van der Waals surface area contributed by atoms with Gasteiger partial charge in [0, 0.05) is 16.9 Å². The molecule has 0 radical (unpaired) electrons. The van der Waals surface area contributed by atoms with E-state index in [0.717, 1.165) is 11.3 Å². The maximum absolute atomic E-state index is 12.8. The summed E-state index contributed by atoms with van der Waals surface area (Å²) in [6.07, 6.45) is 0. The molecule has 0 fully saturated rings. The van der Waals surface area contributed by atoms with E-state index in [4.69, 9.17) is 5.26 Å². The number of aromatic nitrogens is 3. The molecule has 3 aromatic carbocycles. The maximum atomic E-state index is 12.8. The van der Waals surface area contributed by atoms with Gasteiger partial charge in [0.2, 0.25) is 5.91 Å². The van der Waals surface area contributed by atoms with Crippen LogP contribution in [-0.2, 0) is 4.79 Å². The Hall–Kier alpha value is -3.89. The molecule has 0 saturated heterocycles. The lowest BCUT2D eigenvalue weighted by Gasteiger charge is -2.14. The molecule has 1 N–H and O–H groups in total. The van der Waals surface area contributed by atoms with Gasteiger partial charge in [-0.1, -0.05) is 66.4 Å². The molecular weight excluding hydrogens is 406 g/mol. The lowest BCUT2D eigenvalue weighted by Crippen LogP contribution is -2.23. The average Bonchev–Trinajstić information content (AvgIpc) is 3.23. The number of thioether (sulfide) groups is 1. The van der Waals surface area contributed by atoms with Gasteiger partial charge in [-0.05, 0) is 37.3 Å². The van der Waals surface area contributed by atoms with Crippen LogP contribution in [0.5, 0.6) is 0 Å². The van der Waals surface area contributed by atoms with Crippen molar-refractivity contribution >= 4 is 23.4 Å². The van der Waals surface area contributed by atoms with Crippen LogP contribution in [0.25, 0.3) is 17.1 Å². The van der Waals surface area contributed by atoms with Gasteiger partial charge in [0.25, 0.3) is 0 Å². The SMILES string of the molecule is C[C@H](Sc1nnc(-c2ccccc2)n1-c1ccccc1)C(=O)Nc1cccc(C#N)c1. The van der Waals surface area contributed by atoms with Crippen molar-refractivity contribution in [3.63, 3.8) is 0 Å². The Bertz CT molecular complexity index is 1230. The van der Waals surface area contributed by atoms with E-state index in [1.165, 1.54) is 11.8 Å². The minimum Gasteiger partial charge on any atom is -0.325 e. The molecule has 1 amide bonds. The molecule has 4 rings (SSSR count). The summed E-state index contributed by atoms with van der Waals surface area (Å²) in [5.41, 5.74) is 2.94. The molecule has 6 nitrogen and oxygen atoms in total. The summed E-state index contributed by atoms with van der Waals surface area (Å²) in [6.45, 7) is 1.82. The van der Waals surface area contributed by atoms with Crippen molar-refractivity contribution in [2.45, 2.75) is 17.3 Å². The van der Waals surface area contributed by atoms with E-state index >= 15 is 0 Å². The second-order valence-corrected chi connectivity index (χ2v) is 8.09. The van der Waals surface area contributed by atoms with Gasteiger partial charge in [-0.2, -0.15) is 5.26 Å². The van der Waals surface area contributed by atoms with Crippen LogP contribution in [0.3, 0.4) is 0 Å². The Kier molecular flexibility index (Phi) is 6.11. The van der Waals surface area contributed by atoms with Gasteiger partial charge in [-0.15, -0.1) is 10.2 Å². The number of carbonyl (C=O) groups excluding carboxylic acids is 1. The number of rotatable bonds is 6. The fraction of sp³-hybridized carbons (Fsp3) is 0.0833. The third kappa shape index (κ3) is 4.65. The number of amides is 1. The third-order valence-corrected chi connectivity index (χ3v) is 5.63. The minimum absolute atomic E-state index is 0.177. The molecule has 0 aliphatic heterocycles. The Labute approximate surface area is 184 Å². The molecule has 0 unspecified atom stereocenters. The zero-order valence-corrected chi connectivity index (χ0v) is 17.6. The predicted octanol–water partition coefficient (Wildman–Crippen LogP) is 4.93. The van der Waals surface area contributed by atoms with Crippen LogP contribution in [0, 0.1) is 11.3 Å². The third-order valence-electron chi connectivity index (χ3n) is 4.59. The fourth-order valence-electron chi connectivity index (χ4n) is 3.05. The first-order chi connectivity index (χ1) is 15.2. The predicted molar refractivity (Wildman–Crippen MR) is 122 cm³/mol. The molecule has 31 heavy (non-hydrogen) atoms. The summed E-state index contributed by atoms with van der Waals surface area (Å²) in [5, 5.41) is 20.9. The molecule has 7 heteroatoms. The maximum Gasteiger partial charge on any atom is 0.237 e. The van der Waals surface area contributed by atoms with Crippen molar-refractivity contribution in [3.05, 3.63) is 90.5 Å². The summed E-state index contributed by atoms with van der Waals surface area (Å²) >= 11 is 1.33. The molecular formula is C24H19N5OS. The fourth-order valence-corrected chi connectivity index (χ4v) is 3.92. The number of nitrogens with zero attached hydrogens (tertiary/aromatic N) is 4. The van der Waals surface area contributed by atoms with Gasteiger partial charge < -0.3 is 5.32 Å². The Morgan fingerprint density at radius 3 is 2.42 bits per heavy atom. The highest BCUT2D eigenvalue weighted by Gasteiger charge is 2.22. The lowest BCUT2D eigenvalue weighted by atomic mass is 10.2. The number of hydrogen-bond acceptors (Lipinski definition) is 5. The van der Waals surface area contributed by atoms with E-state index < -0.39 is 5.25 Å². The number of hydrogen-bond donors (Lipinski definition) is 1. The molecule has 1 heterocycles. The quantitative estimate of drug-likeness (QED) is 0.443. The first-order valence-corrected chi connectivity index (χ1v) is 10.6. The van der Waals surface area contributed by atoms with Crippen LogP contribution in [0.15, 0.2) is 90.1 Å². The van der Waals surface area contributed by atoms with Gasteiger partial charge in [-0.3, -0.25) is 9.36 Å². The van der Waals surface area contributed by atoms with E-state index in [9.17, 15) is 4.79 Å². The molecule has 0 aliphatic rings. The summed E-state index contributed by atoms with van der Waals surface area (Å²) in [4.78, 5) is 12.8. The van der Waals surface area contributed by atoms with E-state index in [1.54, 1.807) is 24.3 Å². The van der Waals surface area contributed by atoms with E-state index in [0.29, 0.717) is 22.2 Å². The molecule has 4 aromatic rings. The Morgan fingerprint density at radius 2 is 1.71 bits per heavy atom. The second-order valence-electron chi connectivity index (χ2n) is 6.79. The molecule has 0 bridgehead atoms. The van der Waals surface area contributed by atoms with E-state index in [-0.39, 0.29) is 5.91 Å². The molecule has 152 valence electrons. The van der Waals surface area contributed by atoms with Crippen LogP contribution in [-0.4, -0.2) is 25.9 Å². The smallest absolute Gasteiger partial charge is 0.237 e. The van der Waals surface area contributed by atoms with Crippen molar-refractivity contribution in [2.75, 3.05) is 5.32 Å². The second kappa shape index (κ2) is 9.28. The van der Waals surface area contributed by atoms with Crippen LogP contribution >= 0.6 is 11.8 Å². The lowest BCUT2D eigenvalue weighted by molar-refractivity contribution is -0.115. The zero-order chi connectivity index (χ0) is 21.6. The number of nitrogens with one attached hydrogen (secondary N) is 1. The highest BCUT2D eigenvalue weighted by Crippen LogP contribution is 2.30. The van der Waals surface area contributed by atoms with Crippen molar-refractivity contribution < 1.29 is 4.79 Å². The van der Waals surface area contributed by atoms with Crippen LogP contribution in [0.2, 0.25) is 0 Å². The largest absolute Gasteiger partial charge is 0.325 e. The molecule has 1 atom stereocenters. The zero-order valence-electron chi connectivity index (χ0n) is 16.8. The van der Waals surface area contributed by atoms with Crippen LogP contribution in [0.1, 0.15) is 12.5 Å². The summed E-state index contributed by atoms with van der Waals surface area (Å²) in [6, 6.07) is 28.6. The van der Waals surface area contributed by atoms with Crippen LogP contribution < -0.4 is 5.32 Å². The molecule has 1 aromatic heterocycles. The van der Waals surface area contributed by atoms with Gasteiger partial charge in [0.1, 0.15) is 0 Å². The van der Waals surface area contributed by atoms with Gasteiger partial charge in [-0.25, -0.2) is 0 Å². The van der Waals surface area contributed by atoms with E-state index in [2.05, 4.69) is 21.6 Å². The standard InChI is InChI=1S/C24H19N5OS/c1-17(23(30)26-20-12-8-9-18(15-20)16-25)31-24-28-27-22(19-10-4-2-5-11-19)29(24)21-13-6-3-7-14-21/h2-15,17H,1H3,(H,26,30)/t17-/m0/s1. The van der Waals surface area contributed by atoms with Crippen molar-refractivity contribution in [2.24, 2.45) is 0 Å². The minimum atomic E-state index is -0.430. The topological polar surface area (TPSA) is 83.6 Å². The molecule has 0 aliphatic carbocycles. The number of para-hydroxylation sites is 1. The monoisotopic (exact) mass is 425 g/mol. The Balaban J connectivity index is 1.61. The molecule has 0 spiro atoms. The van der Waals surface area contributed by atoms with Gasteiger partial charge >= 0.3 is 0 Å². The average molecular weight is 426 g/mol. The summed E-state index contributed by atoms with van der Waals surface area (Å²) < 4.78 is 1.96. The van der Waals surface area contributed by atoms with Crippen molar-refractivity contribution in [3.8, 4) is 23.1 Å². The van der Waals surface area contributed by atoms with Gasteiger partial charge in [0.05, 0.1) is 16.9 Å². The highest BCUT2D eigenvalue weighted by molar-refractivity contribution is 8.00. The number of anilines is 1. The van der Waals surface area contributed by atoms with Crippen molar-refractivity contribution in [1.82, 2.24) is 14.8 Å². The van der Waals surface area contributed by atoms with Crippen LogP contribution in [0.4, 0.5) is 5.69 Å². The number of benzene rings is 3.